The van der Waals surface area contributed by atoms with E-state index in [1.165, 1.54) is 12.3 Å². The first-order valence-corrected chi connectivity index (χ1v) is 5.20. The van der Waals surface area contributed by atoms with Gasteiger partial charge in [0.25, 0.3) is 0 Å². The Morgan fingerprint density at radius 2 is 2.24 bits per heavy atom. The van der Waals surface area contributed by atoms with Crippen molar-refractivity contribution in [1.29, 1.82) is 0 Å². The minimum atomic E-state index is -0.433. The highest BCUT2D eigenvalue weighted by atomic mass is 16.6. The zero-order chi connectivity index (χ0) is 12.3. The first-order valence-electron chi connectivity index (χ1n) is 5.20. The largest absolute Gasteiger partial charge is 0.504 e. The van der Waals surface area contributed by atoms with Gasteiger partial charge in [-0.2, -0.15) is 0 Å². The van der Waals surface area contributed by atoms with E-state index in [1.807, 2.05) is 0 Å². The van der Waals surface area contributed by atoms with E-state index in [-0.39, 0.29) is 12.4 Å². The van der Waals surface area contributed by atoms with Crippen molar-refractivity contribution in [1.82, 2.24) is 0 Å². The molecule has 2 rings (SSSR count). The van der Waals surface area contributed by atoms with Gasteiger partial charge in [0, 0.05) is 0 Å². The highest BCUT2D eigenvalue weighted by Gasteiger charge is 2.10. The molecule has 0 radical (unpaired) electrons. The third-order valence-corrected chi connectivity index (χ3v) is 2.21. The quantitative estimate of drug-likeness (QED) is 0.823. The number of hydrogen-bond acceptors (Lipinski definition) is 5. The topological polar surface area (TPSA) is 68.9 Å². The Labute approximate surface area is 97.6 Å². The minimum Gasteiger partial charge on any atom is -0.504 e. The van der Waals surface area contributed by atoms with Crippen molar-refractivity contribution in [3.05, 3.63) is 24.5 Å². The molecule has 5 heteroatoms. The number of benzene rings is 1. The molecule has 0 spiro atoms. The Morgan fingerprint density at radius 3 is 3.00 bits per heavy atom. The molecule has 1 heterocycles. The van der Waals surface area contributed by atoms with E-state index >= 15 is 0 Å². The number of phenols is 1. The number of carbonyl (C=O) groups excluding carboxylic acids is 1. The summed E-state index contributed by atoms with van der Waals surface area (Å²) >= 11 is 0. The van der Waals surface area contributed by atoms with Crippen LogP contribution < -0.4 is 4.74 Å². The first-order chi connectivity index (χ1) is 8.22. The standard InChI is InChI=1S/C12H12O5/c1-2-15-11(14)7-17-10-4-3-9(13)12-8(10)5-6-16-12/h3-6,13H,2,7H2,1H3. The zero-order valence-corrected chi connectivity index (χ0v) is 9.30. The van der Waals surface area contributed by atoms with Crippen molar-refractivity contribution in [3.8, 4) is 11.5 Å². The van der Waals surface area contributed by atoms with E-state index in [2.05, 4.69) is 0 Å². The molecule has 1 aromatic heterocycles. The molecule has 0 saturated carbocycles. The number of ether oxygens (including phenoxy) is 2. The van der Waals surface area contributed by atoms with Crippen LogP contribution in [0.1, 0.15) is 6.92 Å². The van der Waals surface area contributed by atoms with Crippen LogP contribution in [0.15, 0.2) is 28.9 Å². The summed E-state index contributed by atoms with van der Waals surface area (Å²) in [4.78, 5) is 11.1. The van der Waals surface area contributed by atoms with Crippen molar-refractivity contribution in [2.24, 2.45) is 0 Å². The second kappa shape index (κ2) is 4.78. The van der Waals surface area contributed by atoms with Gasteiger partial charge in [-0.05, 0) is 25.1 Å². The lowest BCUT2D eigenvalue weighted by Gasteiger charge is -2.06. The lowest BCUT2D eigenvalue weighted by Crippen LogP contribution is -2.14. The molecule has 17 heavy (non-hydrogen) atoms. The number of carbonyl (C=O) groups is 1. The lowest BCUT2D eigenvalue weighted by atomic mass is 10.2. The molecule has 1 aromatic carbocycles. The number of phenolic OH excluding ortho intramolecular Hbond substituents is 1. The van der Waals surface area contributed by atoms with Crippen LogP contribution in [0.25, 0.3) is 11.0 Å². The first kappa shape index (κ1) is 11.3. The van der Waals surface area contributed by atoms with Crippen LogP contribution >= 0.6 is 0 Å². The Hall–Kier alpha value is -2.17. The maximum absolute atomic E-state index is 11.1. The predicted molar refractivity (Wildman–Crippen MR) is 60.0 cm³/mol. The molecule has 90 valence electrons. The third kappa shape index (κ3) is 2.33. The second-order valence-electron chi connectivity index (χ2n) is 3.34. The summed E-state index contributed by atoms with van der Waals surface area (Å²) < 4.78 is 15.1. The molecule has 0 bridgehead atoms. The minimum absolute atomic E-state index is 0.0356. The van der Waals surface area contributed by atoms with Crippen molar-refractivity contribution in [3.63, 3.8) is 0 Å². The maximum atomic E-state index is 11.1. The van der Waals surface area contributed by atoms with Gasteiger partial charge < -0.3 is 19.0 Å². The molecule has 0 saturated heterocycles. The number of furan rings is 1. The van der Waals surface area contributed by atoms with Gasteiger partial charge in [0.2, 0.25) is 0 Å². The van der Waals surface area contributed by atoms with E-state index in [0.717, 1.165) is 0 Å². The van der Waals surface area contributed by atoms with E-state index in [1.54, 1.807) is 19.1 Å². The summed E-state index contributed by atoms with van der Waals surface area (Å²) in [6.45, 7) is 1.88. The number of rotatable bonds is 4. The summed E-state index contributed by atoms with van der Waals surface area (Å²) in [6, 6.07) is 4.69. The normalized spacial score (nSPS) is 10.4. The van der Waals surface area contributed by atoms with Gasteiger partial charge in [0.15, 0.2) is 17.9 Å². The van der Waals surface area contributed by atoms with Gasteiger partial charge in [-0.3, -0.25) is 0 Å². The summed E-state index contributed by atoms with van der Waals surface area (Å²) in [7, 11) is 0. The average molecular weight is 236 g/mol. The fourth-order valence-corrected chi connectivity index (χ4v) is 1.49. The van der Waals surface area contributed by atoms with Gasteiger partial charge in [-0.25, -0.2) is 4.79 Å². The Bertz CT molecular complexity index is 529. The molecule has 1 N–H and O–H groups in total. The van der Waals surface area contributed by atoms with Crippen LogP contribution in [0.3, 0.4) is 0 Å². The smallest absolute Gasteiger partial charge is 0.344 e. The van der Waals surface area contributed by atoms with Crippen LogP contribution in [0.2, 0.25) is 0 Å². The fraction of sp³-hybridized carbons (Fsp3) is 0.250. The molecule has 0 aliphatic carbocycles. The Kier molecular flexibility index (Phi) is 3.18. The second-order valence-corrected chi connectivity index (χ2v) is 3.34. The predicted octanol–water partition coefficient (Wildman–Crippen LogP) is 2.08. The Morgan fingerprint density at radius 1 is 1.41 bits per heavy atom. The van der Waals surface area contributed by atoms with Crippen LogP contribution in [0, 0.1) is 0 Å². The van der Waals surface area contributed by atoms with Crippen LogP contribution in [0.4, 0.5) is 0 Å². The molecule has 0 fully saturated rings. The van der Waals surface area contributed by atoms with Crippen LogP contribution in [0.5, 0.6) is 11.5 Å². The van der Waals surface area contributed by atoms with Gasteiger partial charge in [0.05, 0.1) is 18.3 Å². The van der Waals surface area contributed by atoms with Gasteiger partial charge in [-0.1, -0.05) is 0 Å². The van der Waals surface area contributed by atoms with E-state index in [9.17, 15) is 9.90 Å². The summed E-state index contributed by atoms with van der Waals surface area (Å²) in [6.07, 6.45) is 1.45. The van der Waals surface area contributed by atoms with Crippen molar-refractivity contribution in [2.75, 3.05) is 13.2 Å². The molecule has 5 nitrogen and oxygen atoms in total. The highest BCUT2D eigenvalue weighted by Crippen LogP contribution is 2.33. The molecular formula is C12H12O5. The monoisotopic (exact) mass is 236 g/mol. The van der Waals surface area contributed by atoms with E-state index < -0.39 is 5.97 Å². The van der Waals surface area contributed by atoms with E-state index in [4.69, 9.17) is 13.9 Å². The molecule has 2 aromatic rings. The number of aromatic hydroxyl groups is 1. The highest BCUT2D eigenvalue weighted by molar-refractivity contribution is 5.88. The van der Waals surface area contributed by atoms with E-state index in [0.29, 0.717) is 23.3 Å². The van der Waals surface area contributed by atoms with Crippen molar-refractivity contribution in [2.45, 2.75) is 6.92 Å². The number of fused-ring (bicyclic) bond motifs is 1. The molecule has 0 aliphatic heterocycles. The maximum Gasteiger partial charge on any atom is 0.344 e. The summed E-state index contributed by atoms with van der Waals surface area (Å²) in [5.41, 5.74) is 0.339. The average Bonchev–Trinajstić information content (AvgIpc) is 2.78. The summed E-state index contributed by atoms with van der Waals surface area (Å²) in [5, 5.41) is 10.1. The third-order valence-electron chi connectivity index (χ3n) is 2.21. The molecular weight excluding hydrogens is 224 g/mol. The zero-order valence-electron chi connectivity index (χ0n) is 9.30. The van der Waals surface area contributed by atoms with Crippen LogP contribution in [-0.2, 0) is 9.53 Å². The molecule has 0 atom stereocenters. The van der Waals surface area contributed by atoms with Crippen LogP contribution in [-0.4, -0.2) is 24.3 Å². The number of hydrogen-bond donors (Lipinski definition) is 1. The van der Waals surface area contributed by atoms with Gasteiger partial charge in [0.1, 0.15) is 5.75 Å². The van der Waals surface area contributed by atoms with Gasteiger partial charge in [-0.15, -0.1) is 0 Å². The Balaban J connectivity index is 2.16. The summed E-state index contributed by atoms with van der Waals surface area (Å²) in [5.74, 6) is 0.0744. The van der Waals surface area contributed by atoms with Gasteiger partial charge >= 0.3 is 5.97 Å². The molecule has 0 aliphatic rings. The molecule has 0 unspecified atom stereocenters. The van der Waals surface area contributed by atoms with Crippen molar-refractivity contribution < 1.29 is 23.8 Å². The fourth-order valence-electron chi connectivity index (χ4n) is 1.49. The number of esters is 1. The SMILES string of the molecule is CCOC(=O)COc1ccc(O)c2occc12. The lowest BCUT2D eigenvalue weighted by molar-refractivity contribution is -0.145. The molecule has 0 amide bonds. The van der Waals surface area contributed by atoms with Crippen molar-refractivity contribution >= 4 is 16.9 Å².